The van der Waals surface area contributed by atoms with Crippen LogP contribution in [0.25, 0.3) is 22.8 Å². The Labute approximate surface area is 200 Å². The molecule has 0 unspecified atom stereocenters. The first-order valence-electron chi connectivity index (χ1n) is 13.3. The molecule has 0 radical (unpaired) electrons. The maximum absolute atomic E-state index is 5.58. The summed E-state index contributed by atoms with van der Waals surface area (Å²) in [5, 5.41) is 4.25. The molecule has 1 fully saturated rings. The molecule has 3 aromatic rings. The standard InChI is InChI=1S/C30H40N2O/c1-3-5-7-9-23-11-15-25(16-12-23)26-19-21-27(22-20-26)29-31-30(33-32-29)28-17-13-24(14-18-28)10-8-6-4-2/h13-14,17-23,25H,3-12,15-16H2,1-2H3. The van der Waals surface area contributed by atoms with Crippen molar-refractivity contribution in [3.63, 3.8) is 0 Å². The van der Waals surface area contributed by atoms with Crippen molar-refractivity contribution in [2.24, 2.45) is 5.92 Å². The van der Waals surface area contributed by atoms with Crippen LogP contribution in [0.3, 0.4) is 0 Å². The summed E-state index contributed by atoms with van der Waals surface area (Å²) in [6.07, 6.45) is 15.9. The fourth-order valence-corrected chi connectivity index (χ4v) is 5.22. The van der Waals surface area contributed by atoms with Crippen molar-refractivity contribution in [3.8, 4) is 22.8 Å². The monoisotopic (exact) mass is 444 g/mol. The number of aromatic nitrogens is 2. The third-order valence-electron chi connectivity index (χ3n) is 7.40. The molecule has 0 saturated heterocycles. The largest absolute Gasteiger partial charge is 0.334 e. The fourth-order valence-electron chi connectivity index (χ4n) is 5.22. The second-order valence-electron chi connectivity index (χ2n) is 9.91. The lowest BCUT2D eigenvalue weighted by atomic mass is 9.77. The van der Waals surface area contributed by atoms with Crippen LogP contribution in [0.1, 0.15) is 102 Å². The summed E-state index contributed by atoms with van der Waals surface area (Å²) < 4.78 is 5.58. The Morgan fingerprint density at radius 2 is 1.42 bits per heavy atom. The number of hydrogen-bond acceptors (Lipinski definition) is 3. The minimum atomic E-state index is 0.593. The maximum Gasteiger partial charge on any atom is 0.258 e. The van der Waals surface area contributed by atoms with Crippen LogP contribution in [-0.4, -0.2) is 10.1 Å². The first-order chi connectivity index (χ1) is 16.3. The van der Waals surface area contributed by atoms with E-state index in [1.54, 1.807) is 0 Å². The van der Waals surface area contributed by atoms with E-state index in [-0.39, 0.29) is 0 Å². The van der Waals surface area contributed by atoms with Gasteiger partial charge in [-0.25, -0.2) is 0 Å². The lowest BCUT2D eigenvalue weighted by Crippen LogP contribution is -2.13. The summed E-state index contributed by atoms with van der Waals surface area (Å²) in [6.45, 7) is 4.53. The molecule has 0 spiro atoms. The molecule has 3 nitrogen and oxygen atoms in total. The molecule has 0 amide bonds. The predicted octanol–water partition coefficient (Wildman–Crippen LogP) is 8.99. The van der Waals surface area contributed by atoms with Crippen LogP contribution >= 0.6 is 0 Å². The zero-order chi connectivity index (χ0) is 22.9. The average Bonchev–Trinajstić information content (AvgIpc) is 3.36. The summed E-state index contributed by atoms with van der Waals surface area (Å²) in [5.41, 5.74) is 4.85. The summed E-state index contributed by atoms with van der Waals surface area (Å²) >= 11 is 0. The Morgan fingerprint density at radius 1 is 0.758 bits per heavy atom. The van der Waals surface area contributed by atoms with Gasteiger partial charge < -0.3 is 4.52 Å². The molecular formula is C30H40N2O. The van der Waals surface area contributed by atoms with Gasteiger partial charge in [-0.05, 0) is 73.6 Å². The van der Waals surface area contributed by atoms with Gasteiger partial charge in [0, 0.05) is 11.1 Å². The lowest BCUT2D eigenvalue weighted by Gasteiger charge is -2.29. The molecule has 33 heavy (non-hydrogen) atoms. The number of rotatable bonds is 11. The van der Waals surface area contributed by atoms with E-state index in [0.717, 1.165) is 23.5 Å². The third-order valence-corrected chi connectivity index (χ3v) is 7.40. The van der Waals surface area contributed by atoms with Gasteiger partial charge in [0.1, 0.15) is 0 Å². The molecule has 0 bridgehead atoms. The van der Waals surface area contributed by atoms with E-state index in [0.29, 0.717) is 17.6 Å². The van der Waals surface area contributed by atoms with E-state index in [1.165, 1.54) is 81.8 Å². The van der Waals surface area contributed by atoms with Crippen molar-refractivity contribution in [2.75, 3.05) is 0 Å². The second kappa shape index (κ2) is 12.2. The Hall–Kier alpha value is -2.42. The first kappa shape index (κ1) is 23.7. The molecule has 176 valence electrons. The molecule has 1 aliphatic rings. The van der Waals surface area contributed by atoms with E-state index in [9.17, 15) is 0 Å². The summed E-state index contributed by atoms with van der Waals surface area (Å²) in [4.78, 5) is 4.67. The number of aryl methyl sites for hydroxylation is 1. The Kier molecular flexibility index (Phi) is 8.74. The van der Waals surface area contributed by atoms with Crippen molar-refractivity contribution in [3.05, 3.63) is 59.7 Å². The number of unbranched alkanes of at least 4 members (excludes halogenated alkanes) is 4. The SMILES string of the molecule is CCCCCc1ccc(-c2nc(-c3ccc(C4CCC(CCCCC)CC4)cc3)no2)cc1. The summed E-state index contributed by atoms with van der Waals surface area (Å²) in [7, 11) is 0. The molecule has 0 aliphatic heterocycles. The minimum Gasteiger partial charge on any atom is -0.334 e. The molecule has 1 aliphatic carbocycles. The Bertz CT molecular complexity index is 950. The normalized spacial score (nSPS) is 18.5. The molecule has 4 rings (SSSR count). The fraction of sp³-hybridized carbons (Fsp3) is 0.533. The predicted molar refractivity (Wildman–Crippen MR) is 137 cm³/mol. The molecule has 1 aromatic heterocycles. The summed E-state index contributed by atoms with van der Waals surface area (Å²) in [5.74, 6) is 2.92. The van der Waals surface area contributed by atoms with Crippen LogP contribution in [0.2, 0.25) is 0 Å². The molecule has 0 N–H and O–H groups in total. The van der Waals surface area contributed by atoms with Gasteiger partial charge in [-0.2, -0.15) is 4.98 Å². The molecule has 0 atom stereocenters. The van der Waals surface area contributed by atoms with Crippen molar-refractivity contribution in [1.82, 2.24) is 10.1 Å². The van der Waals surface area contributed by atoms with E-state index in [2.05, 4.69) is 72.5 Å². The molecule has 1 saturated carbocycles. The van der Waals surface area contributed by atoms with Gasteiger partial charge in [-0.15, -0.1) is 0 Å². The van der Waals surface area contributed by atoms with Gasteiger partial charge in [0.25, 0.3) is 5.89 Å². The van der Waals surface area contributed by atoms with Crippen molar-refractivity contribution < 1.29 is 4.52 Å². The van der Waals surface area contributed by atoms with E-state index in [1.807, 2.05) is 0 Å². The third kappa shape index (κ3) is 6.56. The van der Waals surface area contributed by atoms with Gasteiger partial charge in [0.2, 0.25) is 5.82 Å². The smallest absolute Gasteiger partial charge is 0.258 e. The van der Waals surface area contributed by atoms with Crippen LogP contribution in [0, 0.1) is 5.92 Å². The molecule has 3 heteroatoms. The zero-order valence-electron chi connectivity index (χ0n) is 20.6. The van der Waals surface area contributed by atoms with Gasteiger partial charge in [0.15, 0.2) is 0 Å². The van der Waals surface area contributed by atoms with Gasteiger partial charge in [-0.3, -0.25) is 0 Å². The molecule has 2 aromatic carbocycles. The van der Waals surface area contributed by atoms with E-state index < -0.39 is 0 Å². The number of nitrogens with zero attached hydrogens (tertiary/aromatic N) is 2. The van der Waals surface area contributed by atoms with Gasteiger partial charge >= 0.3 is 0 Å². The van der Waals surface area contributed by atoms with Crippen LogP contribution < -0.4 is 0 Å². The molecule has 1 heterocycles. The van der Waals surface area contributed by atoms with Crippen molar-refractivity contribution in [2.45, 2.75) is 96.8 Å². The number of hydrogen-bond donors (Lipinski definition) is 0. The van der Waals surface area contributed by atoms with Crippen molar-refractivity contribution in [1.29, 1.82) is 0 Å². The zero-order valence-corrected chi connectivity index (χ0v) is 20.6. The van der Waals surface area contributed by atoms with Crippen LogP contribution in [0.4, 0.5) is 0 Å². The van der Waals surface area contributed by atoms with Crippen LogP contribution in [-0.2, 0) is 6.42 Å². The minimum absolute atomic E-state index is 0.593. The summed E-state index contributed by atoms with van der Waals surface area (Å²) in [6, 6.07) is 17.4. The first-order valence-corrected chi connectivity index (χ1v) is 13.3. The van der Waals surface area contributed by atoms with Crippen LogP contribution in [0.5, 0.6) is 0 Å². The average molecular weight is 445 g/mol. The van der Waals surface area contributed by atoms with Crippen LogP contribution in [0.15, 0.2) is 53.1 Å². The van der Waals surface area contributed by atoms with Gasteiger partial charge in [-0.1, -0.05) is 93.9 Å². The number of benzene rings is 2. The highest BCUT2D eigenvalue weighted by Gasteiger charge is 2.22. The Morgan fingerprint density at radius 3 is 2.12 bits per heavy atom. The van der Waals surface area contributed by atoms with E-state index in [4.69, 9.17) is 4.52 Å². The van der Waals surface area contributed by atoms with E-state index >= 15 is 0 Å². The topological polar surface area (TPSA) is 38.9 Å². The quantitative estimate of drug-likeness (QED) is 0.277. The van der Waals surface area contributed by atoms with Crippen molar-refractivity contribution >= 4 is 0 Å². The lowest BCUT2D eigenvalue weighted by molar-refractivity contribution is 0.303. The highest BCUT2D eigenvalue weighted by atomic mass is 16.5. The molecular weight excluding hydrogens is 404 g/mol. The second-order valence-corrected chi connectivity index (χ2v) is 9.91. The highest BCUT2D eigenvalue weighted by Crippen LogP contribution is 2.38. The Balaban J connectivity index is 1.33. The highest BCUT2D eigenvalue weighted by molar-refractivity contribution is 5.60. The van der Waals surface area contributed by atoms with Gasteiger partial charge in [0.05, 0.1) is 0 Å². The maximum atomic E-state index is 5.58.